The van der Waals surface area contributed by atoms with E-state index in [9.17, 15) is 4.79 Å². The van der Waals surface area contributed by atoms with E-state index in [1.165, 1.54) is 0 Å². The molecule has 4 nitrogen and oxygen atoms in total. The third-order valence-electron chi connectivity index (χ3n) is 3.24. The molecule has 0 spiro atoms. The maximum atomic E-state index is 11.8. The van der Waals surface area contributed by atoms with Crippen LogP contribution in [-0.2, 0) is 4.74 Å². The third kappa shape index (κ3) is 3.62. The zero-order valence-electron chi connectivity index (χ0n) is 11.2. The Hall–Kier alpha value is -1.24. The van der Waals surface area contributed by atoms with E-state index in [1.54, 1.807) is 0 Å². The van der Waals surface area contributed by atoms with Crippen molar-refractivity contribution in [1.29, 1.82) is 0 Å². The van der Waals surface area contributed by atoms with E-state index >= 15 is 0 Å². The van der Waals surface area contributed by atoms with Gasteiger partial charge in [0.1, 0.15) is 11.1 Å². The highest BCUT2D eigenvalue weighted by Gasteiger charge is 2.45. The standard InChI is InChI=1S/C13H22N2O2/c1-10(14-5)13(8-6-7-9-13)15-11(16)17-12(2,3)4/h10H,6-9H2,1-4H3,(H,15,16). The van der Waals surface area contributed by atoms with Crippen LogP contribution in [-0.4, -0.2) is 23.3 Å². The smallest absolute Gasteiger partial charge is 0.408 e. The summed E-state index contributed by atoms with van der Waals surface area (Å²) in [6.07, 6.45) is 3.46. The highest BCUT2D eigenvalue weighted by Crippen LogP contribution is 2.34. The first-order chi connectivity index (χ1) is 7.79. The van der Waals surface area contributed by atoms with E-state index in [4.69, 9.17) is 11.3 Å². The van der Waals surface area contributed by atoms with Crippen molar-refractivity contribution < 1.29 is 9.53 Å². The lowest BCUT2D eigenvalue weighted by Gasteiger charge is -2.30. The number of alkyl carbamates (subject to hydrolysis) is 1. The van der Waals surface area contributed by atoms with Crippen molar-refractivity contribution in [1.82, 2.24) is 5.32 Å². The lowest BCUT2D eigenvalue weighted by Crippen LogP contribution is -2.53. The van der Waals surface area contributed by atoms with E-state index in [0.717, 1.165) is 25.7 Å². The fraction of sp³-hybridized carbons (Fsp3) is 0.846. The van der Waals surface area contributed by atoms with Gasteiger partial charge in [-0.1, -0.05) is 12.8 Å². The lowest BCUT2D eigenvalue weighted by atomic mass is 9.90. The number of nitrogens with one attached hydrogen (secondary N) is 1. The SMILES string of the molecule is [C-]#[N+]C(C)C1(NC(=O)OC(C)(C)C)CCCC1. The molecule has 1 unspecified atom stereocenters. The van der Waals surface area contributed by atoms with Crippen LogP contribution in [0.15, 0.2) is 0 Å². The molecule has 1 rings (SSSR count). The van der Waals surface area contributed by atoms with Crippen molar-refractivity contribution >= 4 is 6.09 Å². The molecule has 0 aromatic heterocycles. The summed E-state index contributed by atoms with van der Waals surface area (Å²) in [5.41, 5.74) is -0.880. The monoisotopic (exact) mass is 238 g/mol. The maximum Gasteiger partial charge on any atom is 0.408 e. The Balaban J connectivity index is 2.69. The first kappa shape index (κ1) is 13.8. The van der Waals surface area contributed by atoms with Gasteiger partial charge in [-0.2, -0.15) is 0 Å². The van der Waals surface area contributed by atoms with Crippen LogP contribution >= 0.6 is 0 Å². The van der Waals surface area contributed by atoms with E-state index < -0.39 is 11.7 Å². The van der Waals surface area contributed by atoms with Gasteiger partial charge in [-0.3, -0.25) is 0 Å². The van der Waals surface area contributed by atoms with Crippen LogP contribution < -0.4 is 5.32 Å². The topological polar surface area (TPSA) is 42.7 Å². The van der Waals surface area contributed by atoms with Gasteiger partial charge >= 0.3 is 6.09 Å². The Bertz CT molecular complexity index is 319. The Morgan fingerprint density at radius 2 is 1.94 bits per heavy atom. The van der Waals surface area contributed by atoms with Crippen LogP contribution in [0.4, 0.5) is 4.79 Å². The Kier molecular flexibility index (Phi) is 4.03. The second kappa shape index (κ2) is 4.95. The Morgan fingerprint density at radius 1 is 1.41 bits per heavy atom. The van der Waals surface area contributed by atoms with Crippen LogP contribution in [0.25, 0.3) is 4.85 Å². The van der Waals surface area contributed by atoms with Crippen molar-refractivity contribution in [2.24, 2.45) is 0 Å². The third-order valence-corrected chi connectivity index (χ3v) is 3.24. The largest absolute Gasteiger partial charge is 0.444 e. The lowest BCUT2D eigenvalue weighted by molar-refractivity contribution is 0.0449. The second-order valence-electron chi connectivity index (χ2n) is 5.80. The zero-order valence-corrected chi connectivity index (χ0v) is 11.2. The molecule has 0 radical (unpaired) electrons. The van der Waals surface area contributed by atoms with Gasteiger partial charge in [-0.25, -0.2) is 11.4 Å². The molecule has 0 heterocycles. The molecule has 96 valence electrons. The molecule has 4 heteroatoms. The molecule has 0 aromatic carbocycles. The number of rotatable bonds is 2. The summed E-state index contributed by atoms with van der Waals surface area (Å²) < 4.78 is 5.27. The summed E-state index contributed by atoms with van der Waals surface area (Å²) in [6, 6.07) is -0.197. The van der Waals surface area contributed by atoms with Crippen LogP contribution in [0.5, 0.6) is 0 Å². The number of amides is 1. The Morgan fingerprint density at radius 3 is 2.35 bits per heavy atom. The van der Waals surface area contributed by atoms with Gasteiger partial charge in [-0.05, 0) is 33.6 Å². The summed E-state index contributed by atoms with van der Waals surface area (Å²) in [4.78, 5) is 15.4. The molecule has 1 saturated carbocycles. The quantitative estimate of drug-likeness (QED) is 0.751. The molecule has 1 atom stereocenters. The van der Waals surface area contributed by atoms with Crippen LogP contribution in [0.3, 0.4) is 0 Å². The van der Waals surface area contributed by atoms with Crippen molar-refractivity contribution in [3.05, 3.63) is 11.4 Å². The number of carbonyl (C=O) groups excluding carboxylic acids is 1. The number of hydrogen-bond acceptors (Lipinski definition) is 2. The van der Waals surface area contributed by atoms with Gasteiger partial charge in [0.15, 0.2) is 0 Å². The maximum absolute atomic E-state index is 11.8. The van der Waals surface area contributed by atoms with Gasteiger partial charge < -0.3 is 14.9 Å². The van der Waals surface area contributed by atoms with Crippen molar-refractivity contribution in [3.8, 4) is 0 Å². The zero-order chi connectivity index (χ0) is 13.1. The van der Waals surface area contributed by atoms with Gasteiger partial charge in [0, 0.05) is 6.92 Å². The molecular formula is C13H22N2O2. The predicted octanol–water partition coefficient (Wildman–Crippen LogP) is 3.13. The summed E-state index contributed by atoms with van der Waals surface area (Å²) >= 11 is 0. The average molecular weight is 238 g/mol. The van der Waals surface area contributed by atoms with Gasteiger partial charge in [0.25, 0.3) is 0 Å². The number of carbonyl (C=O) groups is 1. The molecule has 0 saturated heterocycles. The predicted molar refractivity (Wildman–Crippen MR) is 66.6 cm³/mol. The molecular weight excluding hydrogens is 216 g/mol. The first-order valence-corrected chi connectivity index (χ1v) is 6.17. The van der Waals surface area contributed by atoms with Crippen LogP contribution in [0.2, 0.25) is 0 Å². The first-order valence-electron chi connectivity index (χ1n) is 6.17. The van der Waals surface area contributed by atoms with E-state index in [0.29, 0.717) is 0 Å². The van der Waals surface area contributed by atoms with E-state index in [2.05, 4.69) is 10.2 Å². The van der Waals surface area contributed by atoms with Gasteiger partial charge in [-0.15, -0.1) is 0 Å². The minimum Gasteiger partial charge on any atom is -0.444 e. The molecule has 17 heavy (non-hydrogen) atoms. The average Bonchev–Trinajstić information content (AvgIpc) is 2.63. The fourth-order valence-electron chi connectivity index (χ4n) is 2.28. The molecule has 0 aliphatic heterocycles. The molecule has 1 fully saturated rings. The van der Waals surface area contributed by atoms with Crippen molar-refractivity contribution in [3.63, 3.8) is 0 Å². The molecule has 0 bridgehead atoms. The highest BCUT2D eigenvalue weighted by molar-refractivity contribution is 5.69. The fourth-order valence-corrected chi connectivity index (χ4v) is 2.28. The summed E-state index contributed by atoms with van der Waals surface area (Å²) in [5.74, 6) is 0. The minimum absolute atomic E-state index is 0.197. The Labute approximate surface area is 104 Å². The summed E-state index contributed by atoms with van der Waals surface area (Å²) in [7, 11) is 0. The van der Waals surface area contributed by atoms with E-state index in [1.807, 2.05) is 27.7 Å². The van der Waals surface area contributed by atoms with Gasteiger partial charge in [0.2, 0.25) is 6.04 Å². The minimum atomic E-state index is -0.495. The van der Waals surface area contributed by atoms with Crippen LogP contribution in [0, 0.1) is 6.57 Å². The molecule has 1 N–H and O–H groups in total. The summed E-state index contributed by atoms with van der Waals surface area (Å²) in [6.45, 7) is 14.5. The second-order valence-corrected chi connectivity index (χ2v) is 5.80. The van der Waals surface area contributed by atoms with E-state index in [-0.39, 0.29) is 11.6 Å². The number of hydrogen-bond donors (Lipinski definition) is 1. The van der Waals surface area contributed by atoms with Gasteiger partial charge in [0.05, 0.1) is 0 Å². The molecule has 0 aromatic rings. The highest BCUT2D eigenvalue weighted by atomic mass is 16.6. The van der Waals surface area contributed by atoms with Crippen LogP contribution in [0.1, 0.15) is 53.4 Å². The molecule has 1 aliphatic carbocycles. The normalized spacial score (nSPS) is 20.4. The van der Waals surface area contributed by atoms with Crippen molar-refractivity contribution in [2.75, 3.05) is 0 Å². The van der Waals surface area contributed by atoms with Crippen molar-refractivity contribution in [2.45, 2.75) is 70.6 Å². The number of ether oxygens (including phenoxy) is 1. The molecule has 1 aliphatic rings. The molecule has 1 amide bonds. The number of nitrogens with zero attached hydrogens (tertiary/aromatic N) is 1. The summed E-state index contributed by atoms with van der Waals surface area (Å²) in [5, 5.41) is 2.92.